The molecule has 2 heterocycles. The first-order valence-corrected chi connectivity index (χ1v) is 8.78. The minimum absolute atomic E-state index is 0.477. The Morgan fingerprint density at radius 2 is 1.84 bits per heavy atom. The Morgan fingerprint density at radius 1 is 1.08 bits per heavy atom. The fraction of sp³-hybridized carbons (Fsp3) is 0.400. The maximum Gasteiger partial charge on any atom is 0.230 e. The van der Waals surface area contributed by atoms with E-state index in [2.05, 4.69) is 28.0 Å². The van der Waals surface area contributed by atoms with Gasteiger partial charge in [-0.05, 0) is 63.8 Å². The highest BCUT2D eigenvalue weighted by atomic mass is 16.5. The summed E-state index contributed by atoms with van der Waals surface area (Å²) in [5.74, 6) is 1.78. The Hall–Kier alpha value is -2.56. The van der Waals surface area contributed by atoms with Crippen molar-refractivity contribution >= 4 is 5.84 Å². The van der Waals surface area contributed by atoms with Crippen LogP contribution in [0.3, 0.4) is 0 Å². The third-order valence-corrected chi connectivity index (χ3v) is 4.53. The summed E-state index contributed by atoms with van der Waals surface area (Å²) in [4.78, 5) is 6.66. The molecule has 25 heavy (non-hydrogen) atoms. The van der Waals surface area contributed by atoms with Gasteiger partial charge in [-0.25, -0.2) is 4.98 Å². The van der Waals surface area contributed by atoms with E-state index in [0.717, 1.165) is 48.5 Å². The van der Waals surface area contributed by atoms with E-state index in [1.807, 2.05) is 38.1 Å². The lowest BCUT2D eigenvalue weighted by Crippen LogP contribution is -2.36. The van der Waals surface area contributed by atoms with Crippen molar-refractivity contribution in [2.24, 2.45) is 5.16 Å². The standard InChI is InChI=1S/C20H25N3O2/c1-14-7-10-18(15(2)13-14)25-20-17(9-8-16(3)21-20)19(22-24)23-11-5-4-6-12-23/h7-10,13,24H,4-6,11-12H2,1-3H3/b22-19-. The van der Waals surface area contributed by atoms with Crippen molar-refractivity contribution in [2.45, 2.75) is 40.0 Å². The molecule has 1 aliphatic heterocycles. The predicted molar refractivity (Wildman–Crippen MR) is 98.7 cm³/mol. The second-order valence-corrected chi connectivity index (χ2v) is 6.65. The van der Waals surface area contributed by atoms with Gasteiger partial charge in [0.15, 0.2) is 5.84 Å². The minimum atomic E-state index is 0.477. The quantitative estimate of drug-likeness (QED) is 0.389. The molecular weight excluding hydrogens is 314 g/mol. The average molecular weight is 339 g/mol. The van der Waals surface area contributed by atoms with E-state index in [0.29, 0.717) is 11.7 Å². The minimum Gasteiger partial charge on any atom is -0.438 e. The molecule has 0 aliphatic carbocycles. The molecule has 0 saturated carbocycles. The number of piperidine rings is 1. The number of nitrogens with zero attached hydrogens (tertiary/aromatic N) is 3. The fourth-order valence-corrected chi connectivity index (χ4v) is 3.19. The van der Waals surface area contributed by atoms with E-state index in [1.54, 1.807) is 0 Å². The number of hydrogen-bond acceptors (Lipinski definition) is 4. The van der Waals surface area contributed by atoms with Crippen molar-refractivity contribution in [2.75, 3.05) is 13.1 Å². The second kappa shape index (κ2) is 7.55. The van der Waals surface area contributed by atoms with Crippen molar-refractivity contribution in [1.82, 2.24) is 9.88 Å². The van der Waals surface area contributed by atoms with Crippen molar-refractivity contribution in [3.8, 4) is 11.6 Å². The molecule has 1 saturated heterocycles. The van der Waals surface area contributed by atoms with Gasteiger partial charge in [-0.3, -0.25) is 0 Å². The zero-order chi connectivity index (χ0) is 17.8. The smallest absolute Gasteiger partial charge is 0.230 e. The molecule has 0 spiro atoms. The Bertz CT molecular complexity index is 781. The van der Waals surface area contributed by atoms with Crippen LogP contribution < -0.4 is 4.74 Å². The largest absolute Gasteiger partial charge is 0.438 e. The first-order valence-electron chi connectivity index (χ1n) is 8.78. The lowest BCUT2D eigenvalue weighted by Gasteiger charge is -2.29. The maximum absolute atomic E-state index is 9.65. The molecule has 1 aromatic carbocycles. The Morgan fingerprint density at radius 3 is 2.52 bits per heavy atom. The number of amidine groups is 1. The number of rotatable bonds is 3. The molecular formula is C20H25N3O2. The topological polar surface area (TPSA) is 58.0 Å². The Labute approximate surface area is 149 Å². The van der Waals surface area contributed by atoms with Gasteiger partial charge in [0.2, 0.25) is 5.88 Å². The van der Waals surface area contributed by atoms with E-state index in [-0.39, 0.29) is 0 Å². The van der Waals surface area contributed by atoms with Gasteiger partial charge in [0, 0.05) is 18.8 Å². The van der Waals surface area contributed by atoms with E-state index < -0.39 is 0 Å². The highest BCUT2D eigenvalue weighted by Gasteiger charge is 2.22. The van der Waals surface area contributed by atoms with Crippen LogP contribution in [0.15, 0.2) is 35.5 Å². The van der Waals surface area contributed by atoms with Crippen LogP contribution in [0.4, 0.5) is 0 Å². The summed E-state index contributed by atoms with van der Waals surface area (Å²) in [6.07, 6.45) is 3.42. The highest BCUT2D eigenvalue weighted by molar-refractivity contribution is 6.00. The van der Waals surface area contributed by atoms with Gasteiger partial charge >= 0.3 is 0 Å². The van der Waals surface area contributed by atoms with Gasteiger partial charge in [-0.1, -0.05) is 22.9 Å². The highest BCUT2D eigenvalue weighted by Crippen LogP contribution is 2.29. The van der Waals surface area contributed by atoms with Crippen LogP contribution in [-0.4, -0.2) is 34.0 Å². The van der Waals surface area contributed by atoms with Crippen LogP contribution in [0.2, 0.25) is 0 Å². The molecule has 1 aliphatic rings. The molecule has 0 atom stereocenters. The number of pyridine rings is 1. The third kappa shape index (κ3) is 3.92. The molecule has 3 rings (SSSR count). The van der Waals surface area contributed by atoms with Crippen molar-refractivity contribution in [3.63, 3.8) is 0 Å². The third-order valence-electron chi connectivity index (χ3n) is 4.53. The SMILES string of the molecule is Cc1ccc(Oc2nc(C)ccc2/C(=N/O)N2CCCCC2)c(C)c1. The summed E-state index contributed by atoms with van der Waals surface area (Å²) in [5, 5.41) is 13.2. The molecule has 1 N–H and O–H groups in total. The zero-order valence-electron chi connectivity index (χ0n) is 15.1. The van der Waals surface area contributed by atoms with Crippen LogP contribution >= 0.6 is 0 Å². The average Bonchev–Trinajstić information content (AvgIpc) is 2.61. The van der Waals surface area contributed by atoms with Crippen LogP contribution in [0.5, 0.6) is 11.6 Å². The van der Waals surface area contributed by atoms with Gasteiger partial charge in [0.25, 0.3) is 0 Å². The molecule has 0 radical (unpaired) electrons. The first kappa shape index (κ1) is 17.3. The number of benzene rings is 1. The van der Waals surface area contributed by atoms with Gasteiger partial charge in [0.05, 0.1) is 5.56 Å². The molecule has 1 fully saturated rings. The van der Waals surface area contributed by atoms with E-state index >= 15 is 0 Å². The van der Waals surface area contributed by atoms with Gasteiger partial charge < -0.3 is 14.8 Å². The van der Waals surface area contributed by atoms with E-state index in [1.165, 1.54) is 12.0 Å². The summed E-state index contributed by atoms with van der Waals surface area (Å²) in [5.41, 5.74) is 3.82. The van der Waals surface area contributed by atoms with Crippen molar-refractivity contribution < 1.29 is 9.94 Å². The van der Waals surface area contributed by atoms with Crippen LogP contribution in [0.1, 0.15) is 41.6 Å². The fourth-order valence-electron chi connectivity index (χ4n) is 3.19. The van der Waals surface area contributed by atoms with E-state index in [9.17, 15) is 5.21 Å². The summed E-state index contributed by atoms with van der Waals surface area (Å²) < 4.78 is 6.12. The van der Waals surface area contributed by atoms with Gasteiger partial charge in [0.1, 0.15) is 5.75 Å². The normalized spacial score (nSPS) is 15.3. The molecule has 5 nitrogen and oxygen atoms in total. The van der Waals surface area contributed by atoms with Crippen molar-refractivity contribution in [3.05, 3.63) is 52.7 Å². The molecule has 0 unspecified atom stereocenters. The molecule has 0 amide bonds. The number of likely N-dealkylation sites (tertiary alicyclic amines) is 1. The predicted octanol–water partition coefficient (Wildman–Crippen LogP) is 4.42. The Balaban J connectivity index is 1.97. The molecule has 0 bridgehead atoms. The van der Waals surface area contributed by atoms with Crippen LogP contribution in [0, 0.1) is 20.8 Å². The number of aryl methyl sites for hydroxylation is 3. The van der Waals surface area contributed by atoms with Crippen LogP contribution in [-0.2, 0) is 0 Å². The number of oxime groups is 1. The maximum atomic E-state index is 9.65. The molecule has 5 heteroatoms. The van der Waals surface area contributed by atoms with Crippen molar-refractivity contribution in [1.29, 1.82) is 0 Å². The Kier molecular flexibility index (Phi) is 5.22. The summed E-state index contributed by atoms with van der Waals surface area (Å²) in [6, 6.07) is 9.89. The number of hydrogen-bond donors (Lipinski definition) is 1. The summed E-state index contributed by atoms with van der Waals surface area (Å²) in [7, 11) is 0. The van der Waals surface area contributed by atoms with Gasteiger partial charge in [-0.2, -0.15) is 0 Å². The first-order chi connectivity index (χ1) is 12.1. The lowest BCUT2D eigenvalue weighted by molar-refractivity contribution is 0.285. The number of aromatic nitrogens is 1. The second-order valence-electron chi connectivity index (χ2n) is 6.65. The molecule has 132 valence electrons. The van der Waals surface area contributed by atoms with Crippen LogP contribution in [0.25, 0.3) is 0 Å². The zero-order valence-corrected chi connectivity index (χ0v) is 15.1. The molecule has 1 aromatic heterocycles. The summed E-state index contributed by atoms with van der Waals surface area (Å²) in [6.45, 7) is 7.77. The van der Waals surface area contributed by atoms with Gasteiger partial charge in [-0.15, -0.1) is 0 Å². The van der Waals surface area contributed by atoms with E-state index in [4.69, 9.17) is 4.74 Å². The molecule has 2 aromatic rings. The lowest BCUT2D eigenvalue weighted by atomic mass is 10.1. The monoisotopic (exact) mass is 339 g/mol. The number of ether oxygens (including phenoxy) is 1. The summed E-state index contributed by atoms with van der Waals surface area (Å²) >= 11 is 0.